The molecule has 11 aromatic rings. The Balaban J connectivity index is 0.894. The van der Waals surface area contributed by atoms with Crippen molar-refractivity contribution < 1.29 is 0 Å². The van der Waals surface area contributed by atoms with Crippen molar-refractivity contribution in [2.45, 2.75) is 0 Å². The SMILES string of the molecule is c1cc(-c2nnc(-c3cccc(-c4cc5ccccc5c5ccccc45)n3)s2)cc(-c2nnc(-c3cccc(-c4cc5ccccc5c5ccccc45)n3)s2)c1. The summed E-state index contributed by atoms with van der Waals surface area (Å²) in [6.07, 6.45) is 0. The topological polar surface area (TPSA) is 77.3 Å². The van der Waals surface area contributed by atoms with Crippen molar-refractivity contribution in [1.82, 2.24) is 30.4 Å². The molecule has 0 atom stereocenters. The predicted molar refractivity (Wildman–Crippen MR) is 232 cm³/mol. The minimum Gasteiger partial charge on any atom is -0.245 e. The van der Waals surface area contributed by atoms with Gasteiger partial charge >= 0.3 is 0 Å². The Morgan fingerprint density at radius 1 is 0.286 bits per heavy atom. The van der Waals surface area contributed by atoms with Crippen molar-refractivity contribution >= 4 is 65.8 Å². The Labute approximate surface area is 329 Å². The normalized spacial score (nSPS) is 11.6. The van der Waals surface area contributed by atoms with Crippen LogP contribution in [0.3, 0.4) is 0 Å². The van der Waals surface area contributed by atoms with E-state index in [0.717, 1.165) is 65.1 Å². The maximum absolute atomic E-state index is 5.11. The van der Waals surface area contributed by atoms with E-state index in [0.29, 0.717) is 0 Å². The largest absolute Gasteiger partial charge is 0.245 e. The lowest BCUT2D eigenvalue weighted by atomic mass is 9.95. The Morgan fingerprint density at radius 3 is 1.14 bits per heavy atom. The molecule has 0 saturated carbocycles. The number of fused-ring (bicyclic) bond motifs is 6. The fraction of sp³-hybridized carbons (Fsp3) is 0. The van der Waals surface area contributed by atoms with Crippen LogP contribution in [0.25, 0.3) is 108 Å². The van der Waals surface area contributed by atoms with Gasteiger partial charge in [0.1, 0.15) is 21.4 Å². The number of hydrogen-bond donors (Lipinski definition) is 0. The molecular weight excluding hydrogens is 725 g/mol. The minimum absolute atomic E-state index is 0.765. The van der Waals surface area contributed by atoms with Gasteiger partial charge in [-0.3, -0.25) is 0 Å². The third-order valence-corrected chi connectivity index (χ3v) is 12.2. The van der Waals surface area contributed by atoms with Crippen LogP contribution >= 0.6 is 22.7 Å². The molecule has 0 fully saturated rings. The van der Waals surface area contributed by atoms with E-state index >= 15 is 0 Å². The number of benzene rings is 7. The van der Waals surface area contributed by atoms with E-state index in [1.807, 2.05) is 30.3 Å². The van der Waals surface area contributed by atoms with Gasteiger partial charge in [0.25, 0.3) is 0 Å². The maximum atomic E-state index is 5.11. The van der Waals surface area contributed by atoms with Gasteiger partial charge in [-0.25, -0.2) is 9.97 Å². The summed E-state index contributed by atoms with van der Waals surface area (Å²) in [5.41, 5.74) is 7.51. The maximum Gasteiger partial charge on any atom is 0.166 e. The number of pyridine rings is 2. The third kappa shape index (κ3) is 5.62. The van der Waals surface area contributed by atoms with E-state index in [1.165, 1.54) is 65.8 Å². The molecule has 0 aliphatic carbocycles. The molecule has 0 radical (unpaired) electrons. The monoisotopic (exact) mass is 752 g/mol. The molecule has 8 heteroatoms. The van der Waals surface area contributed by atoms with E-state index in [4.69, 9.17) is 9.97 Å². The van der Waals surface area contributed by atoms with Crippen molar-refractivity contribution in [3.63, 3.8) is 0 Å². The summed E-state index contributed by atoms with van der Waals surface area (Å²) in [5, 5.41) is 31.2. The zero-order valence-electron chi connectivity index (χ0n) is 29.7. The molecule has 11 rings (SSSR count). The second-order valence-electron chi connectivity index (χ2n) is 13.6. The van der Waals surface area contributed by atoms with Crippen LogP contribution < -0.4 is 0 Å². The highest BCUT2D eigenvalue weighted by molar-refractivity contribution is 7.18. The molecule has 0 bridgehead atoms. The van der Waals surface area contributed by atoms with Gasteiger partial charge in [0.15, 0.2) is 10.0 Å². The molecule has 6 nitrogen and oxygen atoms in total. The van der Waals surface area contributed by atoms with E-state index in [1.54, 1.807) is 0 Å². The second-order valence-corrected chi connectivity index (χ2v) is 15.6. The van der Waals surface area contributed by atoms with Gasteiger partial charge in [0.2, 0.25) is 0 Å². The van der Waals surface area contributed by atoms with Crippen molar-refractivity contribution in [2.24, 2.45) is 0 Å². The standard InChI is InChI=1S/C48H28N6S2/c1-3-16-33-29(12-1)27-39(37-20-7-5-18-35(33)37)41-22-10-24-43(49-41)47-53-51-45(55-47)31-14-9-15-32(26-31)46-52-54-48(56-46)44-25-11-23-42(50-44)40-28-30-13-2-4-17-34(30)36-19-6-8-21-38(36)40/h1-28H. The molecule has 56 heavy (non-hydrogen) atoms. The number of rotatable bonds is 6. The summed E-state index contributed by atoms with van der Waals surface area (Å²) < 4.78 is 0. The lowest BCUT2D eigenvalue weighted by molar-refractivity contribution is 1.09. The minimum atomic E-state index is 0.765. The first-order valence-electron chi connectivity index (χ1n) is 18.3. The Morgan fingerprint density at radius 2 is 0.661 bits per heavy atom. The molecular formula is C48H28N6S2. The number of hydrogen-bond acceptors (Lipinski definition) is 8. The summed E-state index contributed by atoms with van der Waals surface area (Å²) in [4.78, 5) is 10.2. The Bertz CT molecular complexity index is 3080. The highest BCUT2D eigenvalue weighted by atomic mass is 32.1. The molecule has 0 aliphatic rings. The van der Waals surface area contributed by atoms with Gasteiger partial charge < -0.3 is 0 Å². The molecule has 0 saturated heterocycles. The number of aromatic nitrogens is 6. The second kappa shape index (κ2) is 13.4. The fourth-order valence-electron chi connectivity index (χ4n) is 7.61. The average Bonchev–Trinajstić information content (AvgIpc) is 3.98. The summed E-state index contributed by atoms with van der Waals surface area (Å²) in [7, 11) is 0. The first-order chi connectivity index (χ1) is 27.7. The number of nitrogens with zero attached hydrogens (tertiary/aromatic N) is 6. The molecule has 0 N–H and O–H groups in total. The molecule has 262 valence electrons. The Hall–Kier alpha value is -7.00. The van der Waals surface area contributed by atoms with Gasteiger partial charge in [-0.05, 0) is 85.6 Å². The molecule has 4 aromatic heterocycles. The zero-order chi connectivity index (χ0) is 37.0. The van der Waals surface area contributed by atoms with Gasteiger partial charge in [-0.2, -0.15) is 0 Å². The summed E-state index contributed by atoms with van der Waals surface area (Å²) >= 11 is 3.06. The van der Waals surface area contributed by atoms with E-state index in [9.17, 15) is 0 Å². The van der Waals surface area contributed by atoms with Crippen LogP contribution in [0.15, 0.2) is 170 Å². The summed E-state index contributed by atoms with van der Waals surface area (Å²) in [5.74, 6) is 0. The molecule has 7 aromatic carbocycles. The third-order valence-electron chi connectivity index (χ3n) is 10.2. The zero-order valence-corrected chi connectivity index (χ0v) is 31.3. The molecule has 4 heterocycles. The summed E-state index contributed by atoms with van der Waals surface area (Å²) in [6, 6.07) is 59.0. The van der Waals surface area contributed by atoms with E-state index in [-0.39, 0.29) is 0 Å². The van der Waals surface area contributed by atoms with Gasteiger partial charge in [0, 0.05) is 22.3 Å². The smallest absolute Gasteiger partial charge is 0.166 e. The first kappa shape index (κ1) is 32.4. The quantitative estimate of drug-likeness (QED) is 0.157. The molecule has 0 amide bonds. The molecule has 0 spiro atoms. The van der Waals surface area contributed by atoms with Crippen molar-refractivity contribution in [1.29, 1.82) is 0 Å². The highest BCUT2D eigenvalue weighted by Crippen LogP contribution is 2.39. The van der Waals surface area contributed by atoms with E-state index < -0.39 is 0 Å². The van der Waals surface area contributed by atoms with Crippen LogP contribution in [0, 0.1) is 0 Å². The van der Waals surface area contributed by atoms with E-state index in [2.05, 4.69) is 160 Å². The van der Waals surface area contributed by atoms with Crippen LogP contribution in [0.5, 0.6) is 0 Å². The van der Waals surface area contributed by atoms with Crippen LogP contribution in [0.4, 0.5) is 0 Å². The molecule has 0 unspecified atom stereocenters. The average molecular weight is 753 g/mol. The Kier molecular flexibility index (Phi) is 7.75. The van der Waals surface area contributed by atoms with Gasteiger partial charge in [-0.15, -0.1) is 20.4 Å². The lowest BCUT2D eigenvalue weighted by Crippen LogP contribution is -1.90. The summed E-state index contributed by atoms with van der Waals surface area (Å²) in [6.45, 7) is 0. The van der Waals surface area contributed by atoms with Crippen LogP contribution in [0.1, 0.15) is 0 Å². The van der Waals surface area contributed by atoms with Crippen LogP contribution in [-0.4, -0.2) is 30.4 Å². The lowest BCUT2D eigenvalue weighted by Gasteiger charge is -2.11. The van der Waals surface area contributed by atoms with Crippen molar-refractivity contribution in [3.8, 4) is 65.1 Å². The van der Waals surface area contributed by atoms with Crippen LogP contribution in [-0.2, 0) is 0 Å². The highest BCUT2D eigenvalue weighted by Gasteiger charge is 2.17. The van der Waals surface area contributed by atoms with Crippen LogP contribution in [0.2, 0.25) is 0 Å². The van der Waals surface area contributed by atoms with Gasteiger partial charge in [0.05, 0.1) is 11.4 Å². The van der Waals surface area contributed by atoms with Crippen molar-refractivity contribution in [3.05, 3.63) is 170 Å². The first-order valence-corrected chi connectivity index (χ1v) is 19.9. The fourth-order valence-corrected chi connectivity index (χ4v) is 9.23. The van der Waals surface area contributed by atoms with Crippen molar-refractivity contribution in [2.75, 3.05) is 0 Å². The predicted octanol–water partition coefficient (Wildman–Crippen LogP) is 12.8. The molecule has 0 aliphatic heterocycles. The van der Waals surface area contributed by atoms with Gasteiger partial charge in [-0.1, -0.05) is 150 Å².